The minimum Gasteiger partial charge on any atom is -0.356 e. The summed E-state index contributed by atoms with van der Waals surface area (Å²) in [5.41, 5.74) is 2.53. The van der Waals surface area contributed by atoms with Crippen molar-refractivity contribution in [2.45, 2.75) is 46.2 Å². The van der Waals surface area contributed by atoms with Crippen molar-refractivity contribution in [1.29, 1.82) is 0 Å². The number of aliphatic imine (C=N–C) groups is 1. The van der Waals surface area contributed by atoms with Crippen molar-refractivity contribution in [3.05, 3.63) is 53.9 Å². The molecule has 0 aliphatic carbocycles. The van der Waals surface area contributed by atoms with Gasteiger partial charge in [-0.15, -0.1) is 24.0 Å². The standard InChI is InChI=1S/C22H36N6.HI/c1-4-14-27(15-5-2)16-8-12-24-22(23-3)25-18-20-10-6-7-11-21(20)19-28-17-9-13-26-28;/h6-7,9-11,13,17H,4-5,8,12,14-16,18-19H2,1-3H3,(H2,23,24,25);1H. The van der Waals surface area contributed by atoms with E-state index in [2.05, 4.69) is 63.7 Å². The molecular formula is C22H37IN6. The Morgan fingerprint density at radius 2 is 1.76 bits per heavy atom. The zero-order valence-corrected chi connectivity index (χ0v) is 20.4. The number of halogens is 1. The molecule has 6 nitrogen and oxygen atoms in total. The van der Waals surface area contributed by atoms with Crippen LogP contribution in [0.1, 0.15) is 44.2 Å². The second-order valence-corrected chi connectivity index (χ2v) is 7.02. The fourth-order valence-electron chi connectivity index (χ4n) is 3.33. The number of aromatic nitrogens is 2. The van der Waals surface area contributed by atoms with Gasteiger partial charge in [-0.25, -0.2) is 0 Å². The van der Waals surface area contributed by atoms with Crippen LogP contribution in [0.15, 0.2) is 47.7 Å². The number of nitrogens with one attached hydrogen (secondary N) is 2. The summed E-state index contributed by atoms with van der Waals surface area (Å²) in [5.74, 6) is 0.853. The van der Waals surface area contributed by atoms with Gasteiger partial charge in [0.1, 0.15) is 0 Å². The highest BCUT2D eigenvalue weighted by Gasteiger charge is 2.05. The van der Waals surface area contributed by atoms with Gasteiger partial charge in [-0.1, -0.05) is 38.1 Å². The van der Waals surface area contributed by atoms with Crippen LogP contribution in [0.25, 0.3) is 0 Å². The molecule has 0 aliphatic heterocycles. The van der Waals surface area contributed by atoms with Crippen LogP contribution in [-0.2, 0) is 13.1 Å². The maximum atomic E-state index is 4.36. The van der Waals surface area contributed by atoms with E-state index in [9.17, 15) is 0 Å². The van der Waals surface area contributed by atoms with Crippen LogP contribution in [0.2, 0.25) is 0 Å². The van der Waals surface area contributed by atoms with Gasteiger partial charge in [0.2, 0.25) is 0 Å². The summed E-state index contributed by atoms with van der Waals surface area (Å²) in [6.45, 7) is 10.5. The quantitative estimate of drug-likeness (QED) is 0.197. The molecule has 1 aromatic heterocycles. The fourth-order valence-corrected chi connectivity index (χ4v) is 3.33. The molecule has 1 heterocycles. The minimum absolute atomic E-state index is 0. The molecule has 2 N–H and O–H groups in total. The lowest BCUT2D eigenvalue weighted by Crippen LogP contribution is -2.38. The molecule has 1 aromatic carbocycles. The number of nitrogens with zero attached hydrogens (tertiary/aromatic N) is 4. The highest BCUT2D eigenvalue weighted by Crippen LogP contribution is 2.10. The first-order chi connectivity index (χ1) is 13.8. The molecule has 29 heavy (non-hydrogen) atoms. The first-order valence-corrected chi connectivity index (χ1v) is 10.5. The Morgan fingerprint density at radius 1 is 1.03 bits per heavy atom. The van der Waals surface area contributed by atoms with Crippen LogP contribution in [0, 0.1) is 0 Å². The van der Waals surface area contributed by atoms with Crippen molar-refractivity contribution in [3.8, 4) is 0 Å². The van der Waals surface area contributed by atoms with Gasteiger partial charge in [-0.3, -0.25) is 9.67 Å². The fraction of sp³-hybridized carbons (Fsp3) is 0.545. The van der Waals surface area contributed by atoms with Crippen LogP contribution < -0.4 is 10.6 Å². The Morgan fingerprint density at radius 3 is 2.38 bits per heavy atom. The molecule has 2 aromatic rings. The average molecular weight is 512 g/mol. The van der Waals surface area contributed by atoms with E-state index in [4.69, 9.17) is 0 Å². The van der Waals surface area contributed by atoms with Crippen LogP contribution in [0.3, 0.4) is 0 Å². The molecule has 7 heteroatoms. The number of guanidine groups is 1. The van der Waals surface area contributed by atoms with Gasteiger partial charge < -0.3 is 15.5 Å². The lowest BCUT2D eigenvalue weighted by molar-refractivity contribution is 0.271. The van der Waals surface area contributed by atoms with Gasteiger partial charge in [-0.05, 0) is 56.1 Å². The summed E-state index contributed by atoms with van der Waals surface area (Å²) in [7, 11) is 1.82. The van der Waals surface area contributed by atoms with Gasteiger partial charge in [0.15, 0.2) is 5.96 Å². The SMILES string of the molecule is CCCN(CCC)CCCNC(=NC)NCc1ccccc1Cn1cccn1.I. The van der Waals surface area contributed by atoms with Crippen molar-refractivity contribution in [1.82, 2.24) is 25.3 Å². The van der Waals surface area contributed by atoms with Gasteiger partial charge >= 0.3 is 0 Å². The summed E-state index contributed by atoms with van der Waals surface area (Å²) < 4.78 is 1.95. The molecule has 0 spiro atoms. The minimum atomic E-state index is 0. The average Bonchev–Trinajstić information content (AvgIpc) is 3.22. The van der Waals surface area contributed by atoms with Gasteiger partial charge in [0.05, 0.1) is 6.54 Å². The molecule has 162 valence electrons. The first kappa shape index (κ1) is 25.4. The van der Waals surface area contributed by atoms with Crippen LogP contribution >= 0.6 is 24.0 Å². The van der Waals surface area contributed by atoms with E-state index in [0.717, 1.165) is 38.6 Å². The number of benzene rings is 1. The molecule has 0 fully saturated rings. The Balaban J connectivity index is 0.00000420. The third-order valence-corrected chi connectivity index (χ3v) is 4.70. The Labute approximate surface area is 193 Å². The molecule has 0 bridgehead atoms. The molecule has 2 rings (SSSR count). The predicted octanol–water partition coefficient (Wildman–Crippen LogP) is 3.73. The Hall–Kier alpha value is -1.61. The summed E-state index contributed by atoms with van der Waals surface area (Å²) in [4.78, 5) is 6.91. The van der Waals surface area contributed by atoms with E-state index in [1.165, 1.54) is 37.1 Å². The highest BCUT2D eigenvalue weighted by molar-refractivity contribution is 14.0. The zero-order chi connectivity index (χ0) is 20.0. The second-order valence-electron chi connectivity index (χ2n) is 7.02. The van der Waals surface area contributed by atoms with E-state index in [1.54, 1.807) is 0 Å². The van der Waals surface area contributed by atoms with E-state index >= 15 is 0 Å². The van der Waals surface area contributed by atoms with Crippen molar-refractivity contribution < 1.29 is 0 Å². The lowest BCUT2D eigenvalue weighted by Gasteiger charge is -2.21. The predicted molar refractivity (Wildman–Crippen MR) is 133 cm³/mol. The summed E-state index contributed by atoms with van der Waals surface area (Å²) in [6, 6.07) is 10.4. The van der Waals surface area contributed by atoms with E-state index in [0.29, 0.717) is 0 Å². The maximum absolute atomic E-state index is 4.36. The lowest BCUT2D eigenvalue weighted by atomic mass is 10.1. The number of hydrogen-bond donors (Lipinski definition) is 2. The van der Waals surface area contributed by atoms with Crippen molar-refractivity contribution >= 4 is 29.9 Å². The van der Waals surface area contributed by atoms with E-state index in [1.807, 2.05) is 30.2 Å². The first-order valence-electron chi connectivity index (χ1n) is 10.5. The summed E-state index contributed by atoms with van der Waals surface area (Å²) in [6.07, 6.45) is 7.36. The van der Waals surface area contributed by atoms with Crippen LogP contribution in [0.4, 0.5) is 0 Å². The highest BCUT2D eigenvalue weighted by atomic mass is 127. The Bertz CT molecular complexity index is 680. The molecule has 0 radical (unpaired) electrons. The topological polar surface area (TPSA) is 57.5 Å². The monoisotopic (exact) mass is 512 g/mol. The zero-order valence-electron chi connectivity index (χ0n) is 18.1. The third kappa shape index (κ3) is 9.62. The van der Waals surface area contributed by atoms with Gasteiger partial charge in [-0.2, -0.15) is 5.10 Å². The van der Waals surface area contributed by atoms with Gasteiger partial charge in [0.25, 0.3) is 0 Å². The molecule has 0 atom stereocenters. The smallest absolute Gasteiger partial charge is 0.191 e. The molecule has 0 saturated carbocycles. The van der Waals surface area contributed by atoms with Crippen molar-refractivity contribution in [2.24, 2.45) is 4.99 Å². The van der Waals surface area contributed by atoms with E-state index < -0.39 is 0 Å². The van der Waals surface area contributed by atoms with Crippen molar-refractivity contribution in [3.63, 3.8) is 0 Å². The van der Waals surface area contributed by atoms with E-state index in [-0.39, 0.29) is 24.0 Å². The normalized spacial score (nSPS) is 11.4. The molecule has 0 aliphatic rings. The molecular weight excluding hydrogens is 475 g/mol. The summed E-state index contributed by atoms with van der Waals surface area (Å²) in [5, 5.41) is 11.2. The molecule has 0 unspecified atom stereocenters. The second kappa shape index (κ2) is 15.3. The summed E-state index contributed by atoms with van der Waals surface area (Å²) >= 11 is 0. The van der Waals surface area contributed by atoms with Crippen LogP contribution in [0.5, 0.6) is 0 Å². The maximum Gasteiger partial charge on any atom is 0.191 e. The third-order valence-electron chi connectivity index (χ3n) is 4.70. The molecule has 0 amide bonds. The Kier molecular flexibility index (Phi) is 13.4. The van der Waals surface area contributed by atoms with Crippen LogP contribution in [-0.4, -0.2) is 53.9 Å². The largest absolute Gasteiger partial charge is 0.356 e. The molecule has 0 saturated heterocycles. The number of hydrogen-bond acceptors (Lipinski definition) is 3. The number of rotatable bonds is 12. The van der Waals surface area contributed by atoms with Crippen molar-refractivity contribution in [2.75, 3.05) is 33.2 Å². The van der Waals surface area contributed by atoms with Gasteiger partial charge in [0, 0.05) is 32.5 Å².